The normalized spacial score (nSPS) is 31.0. The number of anilines is 1. The molecule has 10 nitrogen and oxygen atoms in total. The number of rotatable bonds is 4. The van der Waals surface area contributed by atoms with Crippen LogP contribution in [0.15, 0.2) is 12.7 Å². The molecule has 23 heavy (non-hydrogen) atoms. The van der Waals surface area contributed by atoms with Crippen LogP contribution in [0.1, 0.15) is 13.2 Å². The summed E-state index contributed by atoms with van der Waals surface area (Å²) in [5.41, 5.74) is -0.743. The summed E-state index contributed by atoms with van der Waals surface area (Å²) in [6.07, 6.45) is -0.295. The van der Waals surface area contributed by atoms with Crippen LogP contribution in [0, 0.1) is 0 Å². The van der Waals surface area contributed by atoms with Gasteiger partial charge < -0.3 is 20.1 Å². The van der Waals surface area contributed by atoms with Gasteiger partial charge in [0.2, 0.25) is 0 Å². The first-order chi connectivity index (χ1) is 10.9. The van der Waals surface area contributed by atoms with Gasteiger partial charge in [0, 0.05) is 7.05 Å². The molecule has 126 valence electrons. The Kier molecular flexibility index (Phi) is 3.94. The summed E-state index contributed by atoms with van der Waals surface area (Å²) in [5, 5.41) is 31.4. The molecule has 3 rings (SSSR count). The topological polar surface area (TPSA) is 126 Å². The van der Waals surface area contributed by atoms with E-state index in [0.717, 1.165) is 0 Å². The Bertz CT molecular complexity index is 705. The lowest BCUT2D eigenvalue weighted by molar-refractivity contribution is -0.0950. The summed E-state index contributed by atoms with van der Waals surface area (Å²) < 4.78 is 7.09. The third kappa shape index (κ3) is 2.35. The van der Waals surface area contributed by atoms with Gasteiger partial charge in [0.1, 0.15) is 24.1 Å². The first-order valence-corrected chi connectivity index (χ1v) is 7.04. The largest absolute Gasteiger partial charge is 0.394 e. The van der Waals surface area contributed by atoms with Gasteiger partial charge in [-0.15, -0.1) is 0 Å². The molecule has 0 saturated carbocycles. The number of aromatic nitrogens is 4. The van der Waals surface area contributed by atoms with Crippen LogP contribution >= 0.6 is 0 Å². The average molecular weight is 325 g/mol. The second-order valence-corrected chi connectivity index (χ2v) is 5.58. The van der Waals surface area contributed by atoms with E-state index in [1.807, 2.05) is 0 Å². The third-order valence-electron chi connectivity index (χ3n) is 4.10. The number of hydrogen-bond acceptors (Lipinski definition) is 9. The van der Waals surface area contributed by atoms with E-state index >= 15 is 0 Å². The molecule has 4 atom stereocenters. The molecule has 3 heterocycles. The highest BCUT2D eigenvalue weighted by atomic mass is 16.7. The second-order valence-electron chi connectivity index (χ2n) is 5.58. The summed E-state index contributed by atoms with van der Waals surface area (Å²) in [4.78, 5) is 17.7. The molecule has 2 aromatic heterocycles. The van der Waals surface area contributed by atoms with Crippen molar-refractivity contribution >= 4 is 17.0 Å². The Morgan fingerprint density at radius 3 is 2.78 bits per heavy atom. The fraction of sp³-hybridized carbons (Fsp3) is 0.615. The van der Waals surface area contributed by atoms with Crippen molar-refractivity contribution in [3.05, 3.63) is 12.7 Å². The summed E-state index contributed by atoms with van der Waals surface area (Å²) >= 11 is 0. The number of hydrogen-bond donors (Lipinski definition) is 3. The second kappa shape index (κ2) is 5.65. The van der Waals surface area contributed by atoms with E-state index in [9.17, 15) is 15.3 Å². The Labute approximate surface area is 131 Å². The van der Waals surface area contributed by atoms with Crippen LogP contribution in [0.3, 0.4) is 0 Å². The van der Waals surface area contributed by atoms with Crippen LogP contribution in [0.5, 0.6) is 0 Å². The zero-order valence-corrected chi connectivity index (χ0v) is 13.0. The van der Waals surface area contributed by atoms with E-state index in [0.29, 0.717) is 17.0 Å². The van der Waals surface area contributed by atoms with E-state index in [-0.39, 0.29) is 0 Å². The quantitative estimate of drug-likeness (QED) is 0.596. The van der Waals surface area contributed by atoms with Gasteiger partial charge in [0.15, 0.2) is 23.2 Å². The molecule has 1 saturated heterocycles. The zero-order chi connectivity index (χ0) is 16.8. The standard InChI is InChI=1S/C13H19N5O5/c1-13(21)9(20)7(4-19)23-12(13)18-6-16-8-10(17(2)22-3)14-5-15-11(8)18/h5-7,9,12,19-21H,4H2,1-3H3/t7-,9-,12?,13-/m1/s1. The fourth-order valence-electron chi connectivity index (χ4n) is 2.72. The van der Waals surface area contributed by atoms with Crippen LogP contribution in [0.4, 0.5) is 5.82 Å². The molecule has 0 spiro atoms. The van der Waals surface area contributed by atoms with Crippen molar-refractivity contribution in [2.45, 2.75) is 31.0 Å². The van der Waals surface area contributed by atoms with E-state index in [1.165, 1.54) is 36.3 Å². The number of aliphatic hydroxyl groups is 3. The maximum Gasteiger partial charge on any atom is 0.183 e. The van der Waals surface area contributed by atoms with Crippen molar-refractivity contribution in [2.24, 2.45) is 0 Å². The van der Waals surface area contributed by atoms with Crippen molar-refractivity contribution in [2.75, 3.05) is 25.8 Å². The van der Waals surface area contributed by atoms with Crippen molar-refractivity contribution in [1.82, 2.24) is 19.5 Å². The smallest absolute Gasteiger partial charge is 0.183 e. The Morgan fingerprint density at radius 1 is 1.43 bits per heavy atom. The Hall–Kier alpha value is -1.85. The van der Waals surface area contributed by atoms with Gasteiger partial charge in [-0.1, -0.05) is 0 Å². The molecule has 1 aliphatic heterocycles. The first-order valence-electron chi connectivity index (χ1n) is 7.04. The molecular formula is C13H19N5O5. The molecule has 3 N–H and O–H groups in total. The molecule has 0 aromatic carbocycles. The first kappa shape index (κ1) is 16.0. The van der Waals surface area contributed by atoms with Gasteiger partial charge in [-0.3, -0.25) is 9.40 Å². The summed E-state index contributed by atoms with van der Waals surface area (Å²) in [7, 11) is 3.17. The number of ether oxygens (including phenoxy) is 1. The monoisotopic (exact) mass is 325 g/mol. The Balaban J connectivity index is 2.08. The molecule has 0 aliphatic carbocycles. The van der Waals surface area contributed by atoms with Gasteiger partial charge >= 0.3 is 0 Å². The van der Waals surface area contributed by atoms with E-state index in [1.54, 1.807) is 7.05 Å². The van der Waals surface area contributed by atoms with Gasteiger partial charge in [0.05, 0.1) is 20.0 Å². The van der Waals surface area contributed by atoms with Crippen LogP contribution < -0.4 is 5.06 Å². The molecule has 2 aromatic rings. The maximum absolute atomic E-state index is 10.6. The maximum atomic E-state index is 10.6. The summed E-state index contributed by atoms with van der Waals surface area (Å²) in [5.74, 6) is 0.452. The third-order valence-corrected chi connectivity index (χ3v) is 4.10. The molecule has 1 unspecified atom stereocenters. The zero-order valence-electron chi connectivity index (χ0n) is 13.0. The number of nitrogens with zero attached hydrogens (tertiary/aromatic N) is 5. The minimum Gasteiger partial charge on any atom is -0.394 e. The van der Waals surface area contributed by atoms with Crippen molar-refractivity contribution in [3.8, 4) is 0 Å². The number of hydroxylamine groups is 1. The summed E-state index contributed by atoms with van der Waals surface area (Å²) in [6.45, 7) is 1.03. The number of aliphatic hydroxyl groups excluding tert-OH is 2. The lowest BCUT2D eigenvalue weighted by Crippen LogP contribution is -2.44. The van der Waals surface area contributed by atoms with Crippen LogP contribution in [0.2, 0.25) is 0 Å². The minimum atomic E-state index is -1.61. The molecule has 0 amide bonds. The van der Waals surface area contributed by atoms with Crippen LogP contribution in [-0.2, 0) is 9.57 Å². The number of fused-ring (bicyclic) bond motifs is 1. The Morgan fingerprint density at radius 2 is 2.17 bits per heavy atom. The SMILES string of the molecule is CON(C)c1ncnc2c1ncn2C1O[C@H](CO)[C@@H](O)[C@@]1(C)O. The van der Waals surface area contributed by atoms with Gasteiger partial charge in [-0.05, 0) is 6.92 Å². The van der Waals surface area contributed by atoms with E-state index < -0.39 is 30.6 Å². The van der Waals surface area contributed by atoms with Crippen molar-refractivity contribution in [3.63, 3.8) is 0 Å². The average Bonchev–Trinajstić information content (AvgIpc) is 3.06. The van der Waals surface area contributed by atoms with Crippen LogP contribution in [-0.4, -0.2) is 73.4 Å². The van der Waals surface area contributed by atoms with E-state index in [4.69, 9.17) is 9.57 Å². The van der Waals surface area contributed by atoms with Crippen molar-refractivity contribution < 1.29 is 24.9 Å². The number of imidazole rings is 1. The lowest BCUT2D eigenvalue weighted by atomic mass is 9.96. The minimum absolute atomic E-state index is 0.410. The fourth-order valence-corrected chi connectivity index (χ4v) is 2.72. The molecule has 1 fully saturated rings. The predicted molar refractivity (Wildman–Crippen MR) is 78.4 cm³/mol. The van der Waals surface area contributed by atoms with Gasteiger partial charge in [-0.2, -0.15) is 0 Å². The van der Waals surface area contributed by atoms with Crippen molar-refractivity contribution in [1.29, 1.82) is 0 Å². The molecular weight excluding hydrogens is 306 g/mol. The van der Waals surface area contributed by atoms with Crippen LogP contribution in [0.25, 0.3) is 11.2 Å². The van der Waals surface area contributed by atoms with Gasteiger partial charge in [0.25, 0.3) is 0 Å². The predicted octanol–water partition coefficient (Wildman–Crippen LogP) is -1.17. The molecule has 0 bridgehead atoms. The molecule has 0 radical (unpaired) electrons. The highest BCUT2D eigenvalue weighted by molar-refractivity contribution is 5.82. The highest BCUT2D eigenvalue weighted by Gasteiger charge is 2.53. The van der Waals surface area contributed by atoms with Gasteiger partial charge in [-0.25, -0.2) is 20.0 Å². The lowest BCUT2D eigenvalue weighted by Gasteiger charge is -2.27. The van der Waals surface area contributed by atoms with E-state index in [2.05, 4.69) is 15.0 Å². The highest BCUT2D eigenvalue weighted by Crippen LogP contribution is 2.39. The molecule has 10 heteroatoms. The molecule has 1 aliphatic rings. The summed E-state index contributed by atoms with van der Waals surface area (Å²) in [6, 6.07) is 0.